The molecular weight excluding hydrogens is 516 g/mol. The van der Waals surface area contributed by atoms with E-state index in [9.17, 15) is 19.8 Å². The Kier molecular flexibility index (Phi) is 19.6. The van der Waals surface area contributed by atoms with Crippen molar-refractivity contribution in [3.8, 4) is 0 Å². The molecule has 2 N–H and O–H groups in total. The summed E-state index contributed by atoms with van der Waals surface area (Å²) in [6.07, 6.45) is 25.4. The number of aliphatic hydroxyl groups excluding tert-OH is 2. The molecule has 238 valence electrons. The lowest BCUT2D eigenvalue weighted by Gasteiger charge is -2.22. The molecule has 0 aromatic heterocycles. The largest absolute Gasteiger partial charge is 0.455 e. The fraction of sp³-hybridized carbons (Fsp3) is 0.886. The maximum atomic E-state index is 12.2. The Morgan fingerprint density at radius 3 is 1.76 bits per heavy atom. The molecule has 0 aromatic rings. The van der Waals surface area contributed by atoms with E-state index >= 15 is 0 Å². The van der Waals surface area contributed by atoms with Crippen molar-refractivity contribution in [3.63, 3.8) is 0 Å². The summed E-state index contributed by atoms with van der Waals surface area (Å²) in [5, 5.41) is 21.2. The molecule has 0 saturated carbocycles. The molecule has 1 fully saturated rings. The molecule has 1 saturated heterocycles. The van der Waals surface area contributed by atoms with Crippen molar-refractivity contribution in [3.05, 3.63) is 11.6 Å². The number of esters is 1. The van der Waals surface area contributed by atoms with Gasteiger partial charge < -0.3 is 19.7 Å². The molecule has 0 aliphatic carbocycles. The molecule has 0 unspecified atom stereocenters. The van der Waals surface area contributed by atoms with E-state index < -0.39 is 12.2 Å². The minimum atomic E-state index is -0.510. The zero-order chi connectivity index (χ0) is 29.7. The first-order valence-corrected chi connectivity index (χ1v) is 17.4. The molecule has 0 aromatic carbocycles. The van der Waals surface area contributed by atoms with E-state index in [1.807, 2.05) is 13.0 Å². The van der Waals surface area contributed by atoms with Crippen molar-refractivity contribution >= 4 is 11.8 Å². The van der Waals surface area contributed by atoms with Crippen LogP contribution in [0.25, 0.3) is 0 Å². The molecule has 6 heteroatoms. The Hall–Kier alpha value is -1.24. The fourth-order valence-electron chi connectivity index (χ4n) is 6.25. The van der Waals surface area contributed by atoms with Crippen LogP contribution in [-0.2, 0) is 19.1 Å². The summed E-state index contributed by atoms with van der Waals surface area (Å²) in [4.78, 5) is 23.8. The summed E-state index contributed by atoms with van der Waals surface area (Å²) in [6, 6.07) is 0. The van der Waals surface area contributed by atoms with Gasteiger partial charge in [-0.05, 0) is 64.4 Å². The van der Waals surface area contributed by atoms with Gasteiger partial charge in [-0.1, -0.05) is 96.8 Å². The Morgan fingerprint density at radius 2 is 1.22 bits per heavy atom. The van der Waals surface area contributed by atoms with Gasteiger partial charge in [-0.15, -0.1) is 0 Å². The van der Waals surface area contributed by atoms with Gasteiger partial charge in [0.15, 0.2) is 0 Å². The summed E-state index contributed by atoms with van der Waals surface area (Å²) in [6.45, 7) is 4.14. The number of hydrogen-bond acceptors (Lipinski definition) is 6. The summed E-state index contributed by atoms with van der Waals surface area (Å²) in [5.41, 5.74) is 0.814. The van der Waals surface area contributed by atoms with Gasteiger partial charge in [0, 0.05) is 18.4 Å². The summed E-state index contributed by atoms with van der Waals surface area (Å²) in [7, 11) is 0. The lowest BCUT2D eigenvalue weighted by molar-refractivity contribution is -0.139. The topological polar surface area (TPSA) is 93.1 Å². The van der Waals surface area contributed by atoms with E-state index in [4.69, 9.17) is 9.47 Å². The highest BCUT2D eigenvalue weighted by atomic mass is 16.5. The highest BCUT2D eigenvalue weighted by molar-refractivity contribution is 5.90. The van der Waals surface area contributed by atoms with Gasteiger partial charge in [0.2, 0.25) is 0 Å². The minimum absolute atomic E-state index is 0.0851. The van der Waals surface area contributed by atoms with E-state index in [0.717, 1.165) is 82.6 Å². The number of carbonyl (C=O) groups is 2. The SMILES string of the molecule is CCCCCCCCCCCC[C@@H](O)[C@H]1CC[C@@H]([C@@H](O)CCCCC(=O)CCCCCCCC2=C[C@H](C)OC2=O)O1. The first kappa shape index (κ1) is 36.0. The number of hydrogen-bond donors (Lipinski definition) is 2. The van der Waals surface area contributed by atoms with E-state index in [1.165, 1.54) is 57.8 Å². The van der Waals surface area contributed by atoms with E-state index in [2.05, 4.69) is 6.92 Å². The minimum Gasteiger partial charge on any atom is -0.455 e. The van der Waals surface area contributed by atoms with Gasteiger partial charge in [-0.25, -0.2) is 4.79 Å². The first-order chi connectivity index (χ1) is 19.9. The smallest absolute Gasteiger partial charge is 0.334 e. The monoisotopic (exact) mass is 578 g/mol. The molecule has 6 nitrogen and oxygen atoms in total. The number of ketones is 1. The van der Waals surface area contributed by atoms with Crippen molar-refractivity contribution in [1.29, 1.82) is 0 Å². The zero-order valence-corrected chi connectivity index (χ0v) is 26.5. The third-order valence-electron chi connectivity index (χ3n) is 8.90. The highest BCUT2D eigenvalue weighted by Crippen LogP contribution is 2.28. The zero-order valence-electron chi connectivity index (χ0n) is 26.5. The van der Waals surface area contributed by atoms with Crippen LogP contribution in [-0.4, -0.2) is 52.5 Å². The van der Waals surface area contributed by atoms with Crippen LogP contribution < -0.4 is 0 Å². The Morgan fingerprint density at radius 1 is 0.756 bits per heavy atom. The van der Waals surface area contributed by atoms with Gasteiger partial charge in [0.05, 0.1) is 24.4 Å². The van der Waals surface area contributed by atoms with Crippen molar-refractivity contribution in [2.45, 2.75) is 198 Å². The first-order valence-electron chi connectivity index (χ1n) is 17.4. The quantitative estimate of drug-likeness (QED) is 0.0792. The van der Waals surface area contributed by atoms with Crippen molar-refractivity contribution in [2.24, 2.45) is 0 Å². The molecule has 0 spiro atoms. The molecular formula is C35H62O6. The van der Waals surface area contributed by atoms with Gasteiger partial charge in [0.25, 0.3) is 0 Å². The van der Waals surface area contributed by atoms with Crippen LogP contribution in [0.4, 0.5) is 0 Å². The normalized spacial score (nSPS) is 22.1. The average molecular weight is 579 g/mol. The van der Waals surface area contributed by atoms with Crippen molar-refractivity contribution in [1.82, 2.24) is 0 Å². The molecule has 5 atom stereocenters. The number of ether oxygens (including phenoxy) is 2. The van der Waals surface area contributed by atoms with Crippen LogP contribution in [0.1, 0.15) is 168 Å². The average Bonchev–Trinajstić information content (AvgIpc) is 3.57. The molecule has 41 heavy (non-hydrogen) atoms. The molecule has 2 aliphatic heterocycles. The second-order valence-electron chi connectivity index (χ2n) is 12.8. The third-order valence-corrected chi connectivity index (χ3v) is 8.90. The van der Waals surface area contributed by atoms with Gasteiger partial charge in [-0.3, -0.25) is 4.79 Å². The lowest BCUT2D eigenvalue weighted by atomic mass is 9.99. The van der Waals surface area contributed by atoms with Crippen molar-refractivity contribution in [2.75, 3.05) is 0 Å². The molecule has 0 radical (unpaired) electrons. The standard InChI is InChI=1S/C35H62O6/c1-3-4-5-6-7-8-9-10-14-17-23-31(37)33-25-26-34(41-33)32(38)24-19-18-22-30(36)21-16-13-11-12-15-20-29-27-28(2)40-35(29)39/h27-28,31-34,37-38H,3-26H2,1-2H3/t28-,31+,32-,33+,34-/m0/s1. The predicted molar refractivity (Wildman–Crippen MR) is 166 cm³/mol. The van der Waals surface area contributed by atoms with E-state index in [0.29, 0.717) is 25.0 Å². The van der Waals surface area contributed by atoms with Crippen LogP contribution >= 0.6 is 0 Å². The number of cyclic esters (lactones) is 1. The van der Waals surface area contributed by atoms with E-state index in [-0.39, 0.29) is 24.3 Å². The molecule has 0 bridgehead atoms. The van der Waals surface area contributed by atoms with E-state index in [1.54, 1.807) is 0 Å². The third kappa shape index (κ3) is 16.3. The molecule has 2 heterocycles. The number of aliphatic hydroxyl groups is 2. The number of rotatable bonds is 26. The van der Waals surface area contributed by atoms with Gasteiger partial charge >= 0.3 is 5.97 Å². The summed E-state index contributed by atoms with van der Waals surface area (Å²) >= 11 is 0. The van der Waals surface area contributed by atoms with Crippen LogP contribution in [0.2, 0.25) is 0 Å². The Balaban J connectivity index is 1.39. The van der Waals surface area contributed by atoms with Crippen LogP contribution in [0.3, 0.4) is 0 Å². The summed E-state index contributed by atoms with van der Waals surface area (Å²) in [5.74, 6) is 0.156. The highest BCUT2D eigenvalue weighted by Gasteiger charge is 2.34. The number of carbonyl (C=O) groups excluding carboxylic acids is 2. The number of unbranched alkanes of at least 4 members (excludes halogenated alkanes) is 14. The molecule has 2 rings (SSSR count). The summed E-state index contributed by atoms with van der Waals surface area (Å²) < 4.78 is 11.2. The predicted octanol–water partition coefficient (Wildman–Crippen LogP) is 8.30. The molecule has 0 amide bonds. The van der Waals surface area contributed by atoms with Crippen LogP contribution in [0.15, 0.2) is 11.6 Å². The second kappa shape index (κ2) is 22.3. The fourth-order valence-corrected chi connectivity index (χ4v) is 6.25. The van der Waals surface area contributed by atoms with Crippen LogP contribution in [0, 0.1) is 0 Å². The van der Waals surface area contributed by atoms with Gasteiger partial charge in [0.1, 0.15) is 11.9 Å². The van der Waals surface area contributed by atoms with Gasteiger partial charge in [-0.2, -0.15) is 0 Å². The van der Waals surface area contributed by atoms with Crippen LogP contribution in [0.5, 0.6) is 0 Å². The second-order valence-corrected chi connectivity index (χ2v) is 12.8. The molecule has 2 aliphatic rings. The maximum absolute atomic E-state index is 12.2. The number of Topliss-reactive ketones (excluding diaryl/α,β-unsaturated/α-hetero) is 1. The Labute approximate surface area is 251 Å². The maximum Gasteiger partial charge on any atom is 0.334 e. The Bertz CT molecular complexity index is 734. The van der Waals surface area contributed by atoms with Crippen molar-refractivity contribution < 1.29 is 29.3 Å². The lowest BCUT2D eigenvalue weighted by Crippen LogP contribution is -2.31.